The lowest BCUT2D eigenvalue weighted by atomic mass is 10.1. The largest absolute Gasteiger partial charge is 0.493 e. The zero-order valence-corrected chi connectivity index (χ0v) is 12.3. The molecule has 0 unspecified atom stereocenters. The van der Waals surface area contributed by atoms with E-state index < -0.39 is 0 Å². The normalized spacial score (nSPS) is 15.5. The van der Waals surface area contributed by atoms with Crippen LogP contribution in [0, 0.1) is 22.6 Å². The molecule has 1 aromatic rings. The van der Waals surface area contributed by atoms with Gasteiger partial charge in [-0.15, -0.1) is 0 Å². The summed E-state index contributed by atoms with van der Waals surface area (Å²) in [4.78, 5) is 0. The van der Waals surface area contributed by atoms with Crippen LogP contribution in [0.5, 0.6) is 5.75 Å². The van der Waals surface area contributed by atoms with Crippen LogP contribution in [0.3, 0.4) is 0 Å². The van der Waals surface area contributed by atoms with Crippen LogP contribution in [0.4, 0.5) is 4.39 Å². The second-order valence-electron chi connectivity index (χ2n) is 5.55. The van der Waals surface area contributed by atoms with E-state index in [-0.39, 0.29) is 11.2 Å². The lowest BCUT2D eigenvalue weighted by Gasteiger charge is -2.16. The minimum Gasteiger partial charge on any atom is -0.493 e. The highest BCUT2D eigenvalue weighted by atomic mass is 19.1. The lowest BCUT2D eigenvalue weighted by molar-refractivity contribution is 0.198. The van der Waals surface area contributed by atoms with Crippen molar-refractivity contribution in [3.8, 4) is 11.8 Å². The molecule has 0 spiro atoms. The topological polar surface area (TPSA) is 54.3 Å². The molecule has 2 rings (SSSR count). The smallest absolute Gasteiger partial charge is 0.124 e. The zero-order valence-electron chi connectivity index (χ0n) is 12.3. The van der Waals surface area contributed by atoms with Crippen LogP contribution in [0.25, 0.3) is 0 Å². The quantitative estimate of drug-likeness (QED) is 0.711. The highest BCUT2D eigenvalue weighted by Gasteiger charge is 2.43. The standard InChI is InChI=1S/C16H21FN2O2/c1-20-9-8-19-11-13-10-14(17)2-3-15(13)21-12-16(4-5-16)6-7-18/h2-3,10,19H,4-6,8-9,11-12H2,1H3. The summed E-state index contributed by atoms with van der Waals surface area (Å²) < 4.78 is 24.2. The molecule has 0 saturated heterocycles. The number of nitrogens with zero attached hydrogens (tertiary/aromatic N) is 1. The van der Waals surface area contributed by atoms with Crippen LogP contribution in [0.15, 0.2) is 18.2 Å². The molecule has 1 aliphatic rings. The first-order valence-corrected chi connectivity index (χ1v) is 7.17. The zero-order chi connectivity index (χ0) is 15.1. The van der Waals surface area contributed by atoms with E-state index in [0.717, 1.165) is 18.4 Å². The molecular weight excluding hydrogens is 271 g/mol. The highest BCUT2D eigenvalue weighted by Crippen LogP contribution is 2.48. The number of benzene rings is 1. The number of nitriles is 1. The number of nitrogens with one attached hydrogen (secondary N) is 1. The van der Waals surface area contributed by atoms with Crippen molar-refractivity contribution in [2.45, 2.75) is 25.8 Å². The van der Waals surface area contributed by atoms with Crippen molar-refractivity contribution in [3.63, 3.8) is 0 Å². The second-order valence-corrected chi connectivity index (χ2v) is 5.55. The molecule has 0 amide bonds. The second kappa shape index (κ2) is 7.39. The van der Waals surface area contributed by atoms with E-state index in [4.69, 9.17) is 14.7 Å². The van der Waals surface area contributed by atoms with Gasteiger partial charge in [0.1, 0.15) is 11.6 Å². The first kappa shape index (κ1) is 15.7. The number of rotatable bonds is 9. The molecule has 1 N–H and O–H groups in total. The van der Waals surface area contributed by atoms with Gasteiger partial charge in [-0.05, 0) is 31.0 Å². The SMILES string of the molecule is COCCNCc1cc(F)ccc1OCC1(CC#N)CC1. The summed E-state index contributed by atoms with van der Waals surface area (Å²) in [5, 5.41) is 12.0. The van der Waals surface area contributed by atoms with Crippen LogP contribution in [-0.4, -0.2) is 26.9 Å². The van der Waals surface area contributed by atoms with Crippen molar-refractivity contribution in [1.82, 2.24) is 5.32 Å². The Bertz CT molecular complexity index is 509. The van der Waals surface area contributed by atoms with Crippen LogP contribution in [-0.2, 0) is 11.3 Å². The molecule has 1 aliphatic carbocycles. The minimum atomic E-state index is -0.274. The molecule has 1 saturated carbocycles. The van der Waals surface area contributed by atoms with Gasteiger partial charge in [0.2, 0.25) is 0 Å². The lowest BCUT2D eigenvalue weighted by Crippen LogP contribution is -2.20. The number of methoxy groups -OCH3 is 1. The van der Waals surface area contributed by atoms with E-state index >= 15 is 0 Å². The maximum Gasteiger partial charge on any atom is 0.124 e. The molecule has 114 valence electrons. The molecule has 1 fully saturated rings. The number of halogens is 1. The Morgan fingerprint density at radius 2 is 2.24 bits per heavy atom. The molecule has 0 atom stereocenters. The molecule has 5 heteroatoms. The first-order valence-electron chi connectivity index (χ1n) is 7.17. The molecule has 0 aromatic heterocycles. The molecular formula is C16H21FN2O2. The van der Waals surface area contributed by atoms with Gasteiger partial charge in [0.05, 0.1) is 19.3 Å². The Kier molecular flexibility index (Phi) is 5.54. The first-order chi connectivity index (χ1) is 10.2. The molecule has 0 bridgehead atoms. The Balaban J connectivity index is 1.93. The molecule has 1 aromatic carbocycles. The molecule has 4 nitrogen and oxygen atoms in total. The van der Waals surface area contributed by atoms with Gasteiger partial charge in [0.15, 0.2) is 0 Å². The monoisotopic (exact) mass is 292 g/mol. The van der Waals surface area contributed by atoms with E-state index in [1.54, 1.807) is 13.2 Å². The van der Waals surface area contributed by atoms with Crippen molar-refractivity contribution in [3.05, 3.63) is 29.6 Å². The summed E-state index contributed by atoms with van der Waals surface area (Å²) in [6, 6.07) is 6.76. The summed E-state index contributed by atoms with van der Waals surface area (Å²) in [5.41, 5.74) is 0.808. The average molecular weight is 292 g/mol. The van der Waals surface area contributed by atoms with Crippen LogP contribution >= 0.6 is 0 Å². The molecule has 0 aliphatic heterocycles. The van der Waals surface area contributed by atoms with Gasteiger partial charge < -0.3 is 14.8 Å². The Labute approximate surface area is 124 Å². The van der Waals surface area contributed by atoms with Crippen molar-refractivity contribution >= 4 is 0 Å². The minimum absolute atomic E-state index is 0.0177. The number of hydrogen-bond acceptors (Lipinski definition) is 4. The summed E-state index contributed by atoms with van der Waals surface area (Å²) in [6.45, 7) is 2.36. The average Bonchev–Trinajstić information content (AvgIpc) is 3.23. The third-order valence-corrected chi connectivity index (χ3v) is 3.77. The van der Waals surface area contributed by atoms with Gasteiger partial charge in [-0.25, -0.2) is 4.39 Å². The molecule has 0 radical (unpaired) electrons. The van der Waals surface area contributed by atoms with Gasteiger partial charge in [0.25, 0.3) is 0 Å². The van der Waals surface area contributed by atoms with Gasteiger partial charge in [-0.2, -0.15) is 5.26 Å². The van der Waals surface area contributed by atoms with Gasteiger partial charge >= 0.3 is 0 Å². The predicted octanol–water partition coefficient (Wildman–Crippen LogP) is 2.63. The third-order valence-electron chi connectivity index (χ3n) is 3.77. The Hall–Kier alpha value is -1.64. The predicted molar refractivity (Wildman–Crippen MR) is 77.4 cm³/mol. The van der Waals surface area contributed by atoms with E-state index in [0.29, 0.717) is 38.5 Å². The Morgan fingerprint density at radius 1 is 1.43 bits per heavy atom. The molecule has 21 heavy (non-hydrogen) atoms. The fourth-order valence-corrected chi connectivity index (χ4v) is 2.17. The van der Waals surface area contributed by atoms with E-state index in [1.807, 2.05) is 0 Å². The fourth-order valence-electron chi connectivity index (χ4n) is 2.17. The third kappa shape index (κ3) is 4.69. The van der Waals surface area contributed by atoms with Crippen LogP contribution in [0.2, 0.25) is 0 Å². The maximum absolute atomic E-state index is 13.4. The maximum atomic E-state index is 13.4. The van der Waals surface area contributed by atoms with Crippen molar-refractivity contribution in [2.75, 3.05) is 26.9 Å². The van der Waals surface area contributed by atoms with E-state index in [1.165, 1.54) is 12.1 Å². The van der Waals surface area contributed by atoms with Crippen LogP contribution < -0.4 is 10.1 Å². The summed E-state index contributed by atoms with van der Waals surface area (Å²) in [6.07, 6.45) is 2.59. The molecule has 0 heterocycles. The number of ether oxygens (including phenoxy) is 2. The Morgan fingerprint density at radius 3 is 2.90 bits per heavy atom. The van der Waals surface area contributed by atoms with Gasteiger partial charge in [-0.3, -0.25) is 0 Å². The number of hydrogen-bond donors (Lipinski definition) is 1. The summed E-state index contributed by atoms with van der Waals surface area (Å²) >= 11 is 0. The van der Waals surface area contributed by atoms with Crippen molar-refractivity contribution in [1.29, 1.82) is 5.26 Å². The summed E-state index contributed by atoms with van der Waals surface area (Å²) in [7, 11) is 1.64. The van der Waals surface area contributed by atoms with Gasteiger partial charge in [-0.1, -0.05) is 0 Å². The van der Waals surface area contributed by atoms with Crippen molar-refractivity contribution < 1.29 is 13.9 Å². The summed E-state index contributed by atoms with van der Waals surface area (Å²) in [5.74, 6) is 0.412. The van der Waals surface area contributed by atoms with E-state index in [2.05, 4.69) is 11.4 Å². The highest BCUT2D eigenvalue weighted by molar-refractivity contribution is 5.34. The van der Waals surface area contributed by atoms with Crippen molar-refractivity contribution in [2.24, 2.45) is 5.41 Å². The van der Waals surface area contributed by atoms with E-state index in [9.17, 15) is 4.39 Å². The van der Waals surface area contributed by atoms with Gasteiger partial charge in [0, 0.05) is 37.6 Å². The van der Waals surface area contributed by atoms with Crippen LogP contribution in [0.1, 0.15) is 24.8 Å². The fraction of sp³-hybridized carbons (Fsp3) is 0.562.